The first-order chi connectivity index (χ1) is 3.43. The van der Waals surface area contributed by atoms with E-state index in [1.807, 2.05) is 22.3 Å². The van der Waals surface area contributed by atoms with Crippen LogP contribution in [0.25, 0.3) is 0 Å². The van der Waals surface area contributed by atoms with Crippen molar-refractivity contribution in [3.05, 3.63) is 11.6 Å². The maximum absolute atomic E-state index is 3.01. The fourth-order valence-electron chi connectivity index (χ4n) is 0.297. The van der Waals surface area contributed by atoms with Crippen LogP contribution < -0.4 is 4.83 Å². The Balaban J connectivity index is 2.28. The maximum Gasteiger partial charge on any atom is 0.0372 e. The first-order valence-electron chi connectivity index (χ1n) is 1.85. The molecule has 0 unspecified atom stereocenters. The topological polar surface area (TPSA) is 15.3 Å². The van der Waals surface area contributed by atoms with Crippen LogP contribution in [0.3, 0.4) is 0 Å². The number of nitrogens with one attached hydrogen (secondary N) is 1. The average molecular weight is 134 g/mol. The summed E-state index contributed by atoms with van der Waals surface area (Å²) < 4.78 is 1.94. The van der Waals surface area contributed by atoms with E-state index in [1.54, 1.807) is 23.9 Å². The number of hydrazine groups is 1. The lowest BCUT2D eigenvalue weighted by Crippen LogP contribution is -2.13. The number of hydrogen-bond acceptors (Lipinski definition) is 4. The predicted octanol–water partition coefficient (Wildman–Crippen LogP) is 1.20. The molecule has 0 amide bonds. The zero-order valence-corrected chi connectivity index (χ0v) is 5.55. The Kier molecular flexibility index (Phi) is 1.90. The fourth-order valence-corrected chi connectivity index (χ4v) is 1.39. The normalized spacial score (nSPS) is 18.7. The van der Waals surface area contributed by atoms with E-state index >= 15 is 0 Å². The molecule has 0 aromatic heterocycles. The molecule has 0 atom stereocenters. The number of nitrogens with zero attached hydrogens (tertiary/aromatic N) is 1. The Labute approximate surface area is 51.6 Å². The van der Waals surface area contributed by atoms with Gasteiger partial charge in [-0.05, 0) is 23.9 Å². The van der Waals surface area contributed by atoms with Crippen LogP contribution in [0.2, 0.25) is 0 Å². The highest BCUT2D eigenvalue weighted by molar-refractivity contribution is 8.02. The van der Waals surface area contributed by atoms with Crippen molar-refractivity contribution in [1.82, 2.24) is 9.25 Å². The minimum absolute atomic E-state index is 1.58. The van der Waals surface area contributed by atoms with Gasteiger partial charge in [-0.15, -0.1) is 0 Å². The second-order valence-electron chi connectivity index (χ2n) is 1.00. The third-order valence-corrected chi connectivity index (χ3v) is 1.89. The highest BCUT2D eigenvalue weighted by Gasteiger charge is 1.98. The highest BCUT2D eigenvalue weighted by atomic mass is 32.2. The van der Waals surface area contributed by atoms with Gasteiger partial charge in [-0.3, -0.25) is 0 Å². The van der Waals surface area contributed by atoms with E-state index in [2.05, 4.69) is 4.83 Å². The summed E-state index contributed by atoms with van der Waals surface area (Å²) in [5.41, 5.74) is 0. The van der Waals surface area contributed by atoms with Gasteiger partial charge < -0.3 is 0 Å². The van der Waals surface area contributed by atoms with E-state index in [4.69, 9.17) is 0 Å². The second-order valence-corrected chi connectivity index (χ2v) is 2.45. The van der Waals surface area contributed by atoms with Gasteiger partial charge in [0.15, 0.2) is 0 Å². The average Bonchev–Trinajstić information content (AvgIpc) is 2.14. The molecule has 0 saturated heterocycles. The van der Waals surface area contributed by atoms with Gasteiger partial charge in [0.2, 0.25) is 0 Å². The van der Waals surface area contributed by atoms with Gasteiger partial charge in [-0.1, -0.05) is 0 Å². The Morgan fingerprint density at radius 2 is 2.71 bits per heavy atom. The molecule has 0 aromatic rings. The van der Waals surface area contributed by atoms with E-state index in [9.17, 15) is 0 Å². The summed E-state index contributed by atoms with van der Waals surface area (Å²) in [5.74, 6) is 0. The first-order valence-corrected chi connectivity index (χ1v) is 3.91. The van der Waals surface area contributed by atoms with Crippen molar-refractivity contribution in [2.24, 2.45) is 0 Å². The molecule has 1 aliphatic rings. The molecule has 1 aliphatic heterocycles. The van der Waals surface area contributed by atoms with Crippen molar-refractivity contribution < 1.29 is 0 Å². The van der Waals surface area contributed by atoms with Crippen LogP contribution in [0.1, 0.15) is 0 Å². The molecule has 2 nitrogen and oxygen atoms in total. The van der Waals surface area contributed by atoms with Crippen molar-refractivity contribution in [2.45, 2.75) is 0 Å². The van der Waals surface area contributed by atoms with Crippen LogP contribution in [0.15, 0.2) is 11.6 Å². The monoisotopic (exact) mass is 134 g/mol. The zero-order chi connectivity index (χ0) is 5.11. The molecular formula is C3H6N2S2. The van der Waals surface area contributed by atoms with E-state index in [0.717, 1.165) is 0 Å². The zero-order valence-electron chi connectivity index (χ0n) is 3.92. The molecule has 40 valence electrons. The fraction of sp³-hybridized carbons (Fsp3) is 0.333. The van der Waals surface area contributed by atoms with Crippen molar-refractivity contribution in [3.8, 4) is 0 Å². The molecular weight excluding hydrogens is 128 g/mol. The van der Waals surface area contributed by atoms with Gasteiger partial charge in [-0.2, -0.15) is 4.83 Å². The summed E-state index contributed by atoms with van der Waals surface area (Å²) in [6.07, 6.45) is 4.00. The largest absolute Gasteiger partial charge is 0.247 e. The Hall–Kier alpha value is 0.200. The summed E-state index contributed by atoms with van der Waals surface area (Å²) in [6.45, 7) is 0. The molecule has 0 saturated carbocycles. The second kappa shape index (κ2) is 2.49. The van der Waals surface area contributed by atoms with Crippen molar-refractivity contribution in [3.63, 3.8) is 0 Å². The summed E-state index contributed by atoms with van der Waals surface area (Å²) in [5, 5.41) is 2.00. The van der Waals surface area contributed by atoms with E-state index < -0.39 is 0 Å². The van der Waals surface area contributed by atoms with Crippen LogP contribution in [-0.2, 0) is 0 Å². The molecule has 0 spiro atoms. The smallest absolute Gasteiger partial charge is 0.0372 e. The molecule has 4 heteroatoms. The molecule has 0 radical (unpaired) electrons. The van der Waals surface area contributed by atoms with Gasteiger partial charge in [-0.25, -0.2) is 4.41 Å². The molecule has 7 heavy (non-hydrogen) atoms. The summed E-state index contributed by atoms with van der Waals surface area (Å²) in [4.78, 5) is 3.01. The molecule has 0 aromatic carbocycles. The summed E-state index contributed by atoms with van der Waals surface area (Å²) in [7, 11) is 0. The lowest BCUT2D eigenvalue weighted by molar-refractivity contribution is 0.622. The van der Waals surface area contributed by atoms with Gasteiger partial charge in [0, 0.05) is 17.9 Å². The molecule has 1 rings (SSSR count). The third kappa shape index (κ3) is 1.29. The number of rotatable bonds is 1. The Bertz CT molecular complexity index is 83.0. The van der Waals surface area contributed by atoms with Gasteiger partial charge in [0.05, 0.1) is 0 Å². The van der Waals surface area contributed by atoms with Crippen LogP contribution in [0.5, 0.6) is 0 Å². The van der Waals surface area contributed by atoms with Crippen molar-refractivity contribution >= 4 is 23.9 Å². The van der Waals surface area contributed by atoms with Gasteiger partial charge >= 0.3 is 0 Å². The molecule has 0 fully saturated rings. The lowest BCUT2D eigenvalue weighted by atomic mass is 11.1. The minimum atomic E-state index is 1.58. The Morgan fingerprint density at radius 3 is 3.00 bits per heavy atom. The Morgan fingerprint density at radius 1 is 1.86 bits per heavy atom. The predicted molar refractivity (Wildman–Crippen MR) is 35.2 cm³/mol. The summed E-state index contributed by atoms with van der Waals surface area (Å²) >= 11 is 3.23. The van der Waals surface area contributed by atoms with Crippen LogP contribution in [0.4, 0.5) is 0 Å². The number of hydrogen-bond donors (Lipinski definition) is 1. The lowest BCUT2D eigenvalue weighted by Gasteiger charge is -2.07. The van der Waals surface area contributed by atoms with Crippen molar-refractivity contribution in [1.29, 1.82) is 0 Å². The van der Waals surface area contributed by atoms with E-state index in [0.29, 0.717) is 0 Å². The molecule has 1 N–H and O–H groups in total. The SMILES string of the molecule is CSN1C=CSN1. The molecule has 1 heterocycles. The highest BCUT2D eigenvalue weighted by Crippen LogP contribution is 2.13. The minimum Gasteiger partial charge on any atom is -0.247 e. The third-order valence-electron chi connectivity index (χ3n) is 0.604. The molecule has 0 aliphatic carbocycles. The summed E-state index contributed by atoms with van der Waals surface area (Å²) in [6, 6.07) is 0. The van der Waals surface area contributed by atoms with Crippen molar-refractivity contribution in [2.75, 3.05) is 6.26 Å². The van der Waals surface area contributed by atoms with E-state index in [1.165, 1.54) is 0 Å². The quantitative estimate of drug-likeness (QED) is 0.542. The van der Waals surface area contributed by atoms with Gasteiger partial charge in [0.1, 0.15) is 0 Å². The molecule has 0 bridgehead atoms. The maximum atomic E-state index is 3.01. The standard InChI is InChI=1S/C3H6N2S2/c1-6-5-2-3-7-4-5/h2-4H,1H3. The van der Waals surface area contributed by atoms with Crippen LogP contribution in [0, 0.1) is 0 Å². The van der Waals surface area contributed by atoms with E-state index in [-0.39, 0.29) is 0 Å². The van der Waals surface area contributed by atoms with Crippen LogP contribution >= 0.6 is 23.9 Å². The van der Waals surface area contributed by atoms with Crippen LogP contribution in [-0.4, -0.2) is 10.7 Å². The first kappa shape index (κ1) is 5.34. The van der Waals surface area contributed by atoms with Gasteiger partial charge in [0.25, 0.3) is 0 Å².